The van der Waals surface area contributed by atoms with E-state index in [0.717, 1.165) is 37.1 Å². The van der Waals surface area contributed by atoms with Gasteiger partial charge in [0, 0.05) is 5.56 Å². The molecule has 0 aliphatic heterocycles. The summed E-state index contributed by atoms with van der Waals surface area (Å²) in [5.41, 5.74) is 0.695. The molecule has 2 rings (SSSR count). The Morgan fingerprint density at radius 2 is 2.06 bits per heavy atom. The second-order valence-corrected chi connectivity index (χ2v) is 5.71. The summed E-state index contributed by atoms with van der Waals surface area (Å²) in [4.78, 5) is 8.34. The highest BCUT2D eigenvalue weighted by atomic mass is 35.5. The zero-order chi connectivity index (χ0) is 13.2. The maximum Gasteiger partial charge on any atom is 0.138 e. The quantitative estimate of drug-likeness (QED) is 0.825. The third-order valence-corrected chi connectivity index (χ3v) is 3.96. The first-order chi connectivity index (χ1) is 8.58. The SMILES string of the molecule is CC(C)c1c(Cl)ncnc1NC1(CO)CCCC1. The molecule has 1 heterocycles. The molecule has 1 fully saturated rings. The minimum absolute atomic E-state index is 0.131. The minimum Gasteiger partial charge on any atom is -0.394 e. The van der Waals surface area contributed by atoms with Crippen LogP contribution in [-0.2, 0) is 0 Å². The summed E-state index contributed by atoms with van der Waals surface area (Å²) in [5.74, 6) is 1.01. The Labute approximate surface area is 113 Å². The van der Waals surface area contributed by atoms with Crippen LogP contribution in [0.4, 0.5) is 5.82 Å². The summed E-state index contributed by atoms with van der Waals surface area (Å²) < 4.78 is 0. The lowest BCUT2D eigenvalue weighted by Crippen LogP contribution is -2.39. The van der Waals surface area contributed by atoms with E-state index in [1.165, 1.54) is 6.33 Å². The van der Waals surface area contributed by atoms with E-state index in [1.54, 1.807) is 0 Å². The third kappa shape index (κ3) is 2.59. The van der Waals surface area contributed by atoms with Gasteiger partial charge >= 0.3 is 0 Å². The van der Waals surface area contributed by atoms with Gasteiger partial charge in [-0.2, -0.15) is 0 Å². The first kappa shape index (κ1) is 13.6. The van der Waals surface area contributed by atoms with Gasteiger partial charge < -0.3 is 10.4 Å². The molecule has 0 spiro atoms. The van der Waals surface area contributed by atoms with Gasteiger partial charge in [-0.1, -0.05) is 38.3 Å². The number of hydrogen-bond acceptors (Lipinski definition) is 4. The normalized spacial score (nSPS) is 18.3. The topological polar surface area (TPSA) is 58.0 Å². The van der Waals surface area contributed by atoms with Crippen molar-refractivity contribution in [2.45, 2.75) is 51.0 Å². The molecule has 1 aliphatic rings. The summed E-state index contributed by atoms with van der Waals surface area (Å²) in [6.45, 7) is 4.26. The highest BCUT2D eigenvalue weighted by Gasteiger charge is 2.34. The Bertz CT molecular complexity index is 417. The molecule has 1 saturated carbocycles. The number of nitrogens with zero attached hydrogens (tertiary/aromatic N) is 2. The van der Waals surface area contributed by atoms with Crippen molar-refractivity contribution < 1.29 is 5.11 Å². The standard InChI is InChI=1S/C13H20ClN3O/c1-9(2)10-11(14)15-8-16-12(10)17-13(7-18)5-3-4-6-13/h8-9,18H,3-7H2,1-2H3,(H,15,16,17). The summed E-state index contributed by atoms with van der Waals surface area (Å²) in [7, 11) is 0. The number of rotatable bonds is 4. The Morgan fingerprint density at radius 3 is 2.61 bits per heavy atom. The predicted octanol–water partition coefficient (Wildman–Crippen LogP) is 2.97. The van der Waals surface area contributed by atoms with Crippen LogP contribution in [0.3, 0.4) is 0 Å². The highest BCUT2D eigenvalue weighted by molar-refractivity contribution is 6.30. The Hall–Kier alpha value is -0.870. The van der Waals surface area contributed by atoms with E-state index in [-0.39, 0.29) is 18.1 Å². The van der Waals surface area contributed by atoms with Crippen LogP contribution in [0.2, 0.25) is 5.15 Å². The monoisotopic (exact) mass is 269 g/mol. The van der Waals surface area contributed by atoms with Crippen LogP contribution in [0.25, 0.3) is 0 Å². The second kappa shape index (κ2) is 5.41. The van der Waals surface area contributed by atoms with Crippen molar-refractivity contribution in [3.8, 4) is 0 Å². The fraction of sp³-hybridized carbons (Fsp3) is 0.692. The summed E-state index contributed by atoms with van der Waals surface area (Å²) in [6.07, 6.45) is 5.70. The van der Waals surface area contributed by atoms with Crippen LogP contribution in [-0.4, -0.2) is 27.2 Å². The van der Waals surface area contributed by atoms with Gasteiger partial charge in [0.05, 0.1) is 12.1 Å². The summed E-state index contributed by atoms with van der Waals surface area (Å²) >= 11 is 6.14. The molecule has 0 unspecified atom stereocenters. The molecule has 4 nitrogen and oxygen atoms in total. The molecule has 0 radical (unpaired) electrons. The molecular formula is C13H20ClN3O. The zero-order valence-electron chi connectivity index (χ0n) is 10.9. The molecule has 100 valence electrons. The molecule has 1 aromatic rings. The number of hydrogen-bond donors (Lipinski definition) is 2. The van der Waals surface area contributed by atoms with E-state index in [4.69, 9.17) is 11.6 Å². The van der Waals surface area contributed by atoms with E-state index in [9.17, 15) is 5.11 Å². The maximum atomic E-state index is 9.64. The van der Waals surface area contributed by atoms with Crippen molar-refractivity contribution in [2.24, 2.45) is 0 Å². The second-order valence-electron chi connectivity index (χ2n) is 5.35. The molecule has 2 N–H and O–H groups in total. The Balaban J connectivity index is 2.31. The van der Waals surface area contributed by atoms with Crippen LogP contribution in [0.1, 0.15) is 51.0 Å². The van der Waals surface area contributed by atoms with Crippen LogP contribution >= 0.6 is 11.6 Å². The molecule has 18 heavy (non-hydrogen) atoms. The van der Waals surface area contributed by atoms with E-state index >= 15 is 0 Å². The summed E-state index contributed by atoms with van der Waals surface area (Å²) in [5, 5.41) is 13.5. The van der Waals surface area contributed by atoms with Gasteiger partial charge in [0.2, 0.25) is 0 Å². The number of nitrogens with one attached hydrogen (secondary N) is 1. The smallest absolute Gasteiger partial charge is 0.138 e. The largest absolute Gasteiger partial charge is 0.394 e. The van der Waals surface area contributed by atoms with Crippen molar-refractivity contribution >= 4 is 17.4 Å². The number of aromatic nitrogens is 2. The van der Waals surface area contributed by atoms with Gasteiger partial charge in [-0.3, -0.25) is 0 Å². The van der Waals surface area contributed by atoms with Crippen LogP contribution in [0.5, 0.6) is 0 Å². The maximum absolute atomic E-state index is 9.64. The van der Waals surface area contributed by atoms with Gasteiger partial charge in [0.15, 0.2) is 0 Å². The molecule has 0 saturated heterocycles. The van der Waals surface area contributed by atoms with Crippen LogP contribution < -0.4 is 5.32 Å². The first-order valence-corrected chi connectivity index (χ1v) is 6.85. The molecule has 0 amide bonds. The van der Waals surface area contributed by atoms with E-state index in [0.29, 0.717) is 5.15 Å². The fourth-order valence-corrected chi connectivity index (χ4v) is 2.96. The predicted molar refractivity (Wildman–Crippen MR) is 73.0 cm³/mol. The lowest BCUT2D eigenvalue weighted by atomic mass is 9.97. The average molecular weight is 270 g/mol. The molecule has 1 aliphatic carbocycles. The average Bonchev–Trinajstić information content (AvgIpc) is 2.78. The highest BCUT2D eigenvalue weighted by Crippen LogP contribution is 2.35. The van der Waals surface area contributed by atoms with Gasteiger partial charge in [-0.15, -0.1) is 0 Å². The molecule has 0 aromatic carbocycles. The van der Waals surface area contributed by atoms with Crippen molar-refractivity contribution in [1.29, 1.82) is 0 Å². The number of anilines is 1. The lowest BCUT2D eigenvalue weighted by molar-refractivity contribution is 0.213. The van der Waals surface area contributed by atoms with E-state index in [1.807, 2.05) is 0 Å². The van der Waals surface area contributed by atoms with Crippen molar-refractivity contribution in [3.05, 3.63) is 17.0 Å². The van der Waals surface area contributed by atoms with Crippen molar-refractivity contribution in [3.63, 3.8) is 0 Å². The van der Waals surface area contributed by atoms with Crippen molar-refractivity contribution in [1.82, 2.24) is 9.97 Å². The minimum atomic E-state index is -0.235. The van der Waals surface area contributed by atoms with E-state index < -0.39 is 0 Å². The van der Waals surface area contributed by atoms with Crippen molar-refractivity contribution in [2.75, 3.05) is 11.9 Å². The Kier molecular flexibility index (Phi) is 4.07. The van der Waals surface area contributed by atoms with Gasteiger partial charge in [-0.25, -0.2) is 9.97 Å². The molecular weight excluding hydrogens is 250 g/mol. The third-order valence-electron chi connectivity index (χ3n) is 3.66. The first-order valence-electron chi connectivity index (χ1n) is 6.47. The van der Waals surface area contributed by atoms with Gasteiger partial charge in [0.1, 0.15) is 17.3 Å². The van der Waals surface area contributed by atoms with Crippen LogP contribution in [0.15, 0.2) is 6.33 Å². The number of aliphatic hydroxyl groups excluding tert-OH is 1. The van der Waals surface area contributed by atoms with Gasteiger partial charge in [0.25, 0.3) is 0 Å². The van der Waals surface area contributed by atoms with E-state index in [2.05, 4.69) is 29.1 Å². The number of aliphatic hydroxyl groups is 1. The molecule has 1 aromatic heterocycles. The fourth-order valence-electron chi connectivity index (χ4n) is 2.61. The van der Waals surface area contributed by atoms with Gasteiger partial charge in [-0.05, 0) is 18.8 Å². The summed E-state index contributed by atoms with van der Waals surface area (Å²) in [6, 6.07) is 0. The lowest BCUT2D eigenvalue weighted by Gasteiger charge is -2.30. The number of halogens is 1. The molecule has 0 bridgehead atoms. The Morgan fingerprint density at radius 1 is 1.39 bits per heavy atom. The zero-order valence-corrected chi connectivity index (χ0v) is 11.7. The molecule has 0 atom stereocenters. The molecule has 5 heteroatoms. The van der Waals surface area contributed by atoms with Crippen LogP contribution in [0, 0.1) is 0 Å².